The van der Waals surface area contributed by atoms with Crippen LogP contribution in [0.15, 0.2) is 0 Å². The van der Waals surface area contributed by atoms with Gasteiger partial charge in [-0.15, -0.1) is 0 Å². The molecule has 0 heterocycles. The van der Waals surface area contributed by atoms with Crippen molar-refractivity contribution in [3.63, 3.8) is 0 Å². The fraction of sp³-hybridized carbons (Fsp3) is 0.900. The summed E-state index contributed by atoms with van der Waals surface area (Å²) < 4.78 is 0. The predicted octanol–water partition coefficient (Wildman–Crippen LogP) is 0.0502. The van der Waals surface area contributed by atoms with Crippen molar-refractivity contribution in [3.05, 3.63) is 6.42 Å². The van der Waals surface area contributed by atoms with Crippen LogP contribution in [0.4, 0.5) is 0 Å². The molecule has 0 aromatic rings. The topological polar surface area (TPSA) is 0 Å². The Morgan fingerprint density at radius 1 is 1.17 bits per heavy atom. The molecule has 2 heteroatoms. The first-order valence-electron chi connectivity index (χ1n) is 4.44. The quantitative estimate of drug-likeness (QED) is 0.417. The first-order valence-corrected chi connectivity index (χ1v) is 4.44. The Hall–Kier alpha value is 1.25. The molecule has 1 fully saturated rings. The Morgan fingerprint density at radius 3 is 2.00 bits per heavy atom. The molecule has 0 aromatic heterocycles. The van der Waals surface area contributed by atoms with Crippen LogP contribution in [0.25, 0.3) is 0 Å². The summed E-state index contributed by atoms with van der Waals surface area (Å²) in [6.45, 7) is 7.04. The zero-order chi connectivity index (χ0) is 7.61. The van der Waals surface area contributed by atoms with Crippen LogP contribution in [0.2, 0.25) is 0 Å². The van der Waals surface area contributed by atoms with E-state index >= 15 is 0 Å². The molecule has 1 rings (SSSR count). The van der Waals surface area contributed by atoms with E-state index in [0.717, 1.165) is 5.92 Å². The molecular weight excluding hydrogens is 224 g/mol. The Kier molecular flexibility index (Phi) is 8.72. The van der Waals surface area contributed by atoms with Crippen molar-refractivity contribution in [2.75, 3.05) is 0 Å². The average molecular weight is 243 g/mol. The monoisotopic (exact) mass is 242 g/mol. The third-order valence-electron chi connectivity index (χ3n) is 2.53. The molecule has 1 aliphatic carbocycles. The molecule has 0 amide bonds. The Morgan fingerprint density at radius 2 is 1.75 bits per heavy atom. The van der Waals surface area contributed by atoms with Gasteiger partial charge in [0.15, 0.2) is 0 Å². The van der Waals surface area contributed by atoms with E-state index in [-0.39, 0.29) is 40.0 Å². The van der Waals surface area contributed by atoms with Crippen molar-refractivity contribution >= 4 is 23.1 Å². The van der Waals surface area contributed by atoms with Gasteiger partial charge in [-0.3, -0.25) is 0 Å². The summed E-state index contributed by atoms with van der Waals surface area (Å²) in [6, 6.07) is 0. The van der Waals surface area contributed by atoms with Crippen molar-refractivity contribution in [3.8, 4) is 0 Å². The van der Waals surface area contributed by atoms with E-state index in [9.17, 15) is 0 Å². The summed E-state index contributed by atoms with van der Waals surface area (Å²) in [4.78, 5) is 0. The molecule has 0 bridgehead atoms. The van der Waals surface area contributed by atoms with Crippen LogP contribution in [0, 0.1) is 17.8 Å². The number of hydrogen-bond donors (Lipinski definition) is 0. The van der Waals surface area contributed by atoms with Crippen molar-refractivity contribution in [2.24, 2.45) is 11.3 Å². The zero-order valence-corrected chi connectivity index (χ0v) is 11.6. The Balaban J connectivity index is 0. The second-order valence-electron chi connectivity index (χ2n) is 4.49. The van der Waals surface area contributed by atoms with Crippen LogP contribution in [0.1, 0.15) is 46.5 Å². The molecule has 1 aliphatic rings. The molecule has 1 atom stereocenters. The molecule has 68 valence electrons. The predicted molar refractivity (Wildman–Crippen MR) is 51.5 cm³/mol. The first kappa shape index (κ1) is 15.7. The van der Waals surface area contributed by atoms with Crippen LogP contribution in [0.3, 0.4) is 0 Å². The van der Waals surface area contributed by atoms with Gasteiger partial charge >= 0.3 is 23.1 Å². The van der Waals surface area contributed by atoms with E-state index in [1.807, 2.05) is 0 Å². The Bertz CT molecular complexity index is 101. The molecule has 0 N–H and O–H groups in total. The van der Waals surface area contributed by atoms with Gasteiger partial charge < -0.3 is 23.4 Å². The molecule has 0 nitrogen and oxygen atoms in total. The van der Waals surface area contributed by atoms with Gasteiger partial charge in [0.25, 0.3) is 0 Å². The third kappa shape index (κ3) is 5.08. The van der Waals surface area contributed by atoms with Gasteiger partial charge in [-0.25, -0.2) is 0 Å². The molecule has 0 saturated heterocycles. The van der Waals surface area contributed by atoms with E-state index in [1.54, 1.807) is 0 Å². The molecule has 12 heavy (non-hydrogen) atoms. The van der Waals surface area contributed by atoms with Crippen LogP contribution < -0.4 is 17.0 Å². The van der Waals surface area contributed by atoms with E-state index in [2.05, 4.69) is 27.2 Å². The van der Waals surface area contributed by atoms with Crippen molar-refractivity contribution in [1.29, 1.82) is 0 Å². The fourth-order valence-electron chi connectivity index (χ4n) is 1.73. The van der Waals surface area contributed by atoms with Gasteiger partial charge in [0.1, 0.15) is 0 Å². The van der Waals surface area contributed by atoms with Crippen molar-refractivity contribution in [1.82, 2.24) is 0 Å². The van der Waals surface area contributed by atoms with Crippen LogP contribution in [0.5, 0.6) is 0 Å². The average Bonchev–Trinajstić information content (AvgIpc) is 1.88. The standard InChI is InChI=1S/C10H19.BrH.Mg/c1-10(2,3)9-7-5-4-6-8-9;;/h7,9H,4-6,8H2,1-3H3;1H;/q-1;;+2/p-1. The second-order valence-corrected chi connectivity index (χ2v) is 4.49. The van der Waals surface area contributed by atoms with Crippen molar-refractivity contribution in [2.45, 2.75) is 46.5 Å². The molecular formula is C10H19BrMg. The largest absolute Gasteiger partial charge is 2.00 e. The zero-order valence-electron chi connectivity index (χ0n) is 8.57. The number of rotatable bonds is 0. The normalized spacial score (nSPS) is 23.8. The van der Waals surface area contributed by atoms with Gasteiger partial charge in [0, 0.05) is 0 Å². The summed E-state index contributed by atoms with van der Waals surface area (Å²) in [5, 5.41) is 0. The number of hydrogen-bond acceptors (Lipinski definition) is 0. The van der Waals surface area contributed by atoms with Crippen molar-refractivity contribution < 1.29 is 17.0 Å². The minimum Gasteiger partial charge on any atom is -1.00 e. The van der Waals surface area contributed by atoms with E-state index in [4.69, 9.17) is 0 Å². The summed E-state index contributed by atoms with van der Waals surface area (Å²) >= 11 is 0. The maximum atomic E-state index is 2.52. The summed E-state index contributed by atoms with van der Waals surface area (Å²) in [5.74, 6) is 0.876. The molecule has 0 radical (unpaired) electrons. The minimum absolute atomic E-state index is 0. The van der Waals surface area contributed by atoms with Crippen LogP contribution >= 0.6 is 0 Å². The first-order chi connectivity index (χ1) is 4.61. The maximum absolute atomic E-state index is 2.52. The third-order valence-corrected chi connectivity index (χ3v) is 2.53. The summed E-state index contributed by atoms with van der Waals surface area (Å²) in [7, 11) is 0. The van der Waals surface area contributed by atoms with E-state index in [0.29, 0.717) is 5.41 Å². The van der Waals surface area contributed by atoms with Gasteiger partial charge in [-0.05, 0) is 0 Å². The van der Waals surface area contributed by atoms with E-state index in [1.165, 1.54) is 25.7 Å². The second kappa shape index (κ2) is 6.66. The molecule has 1 unspecified atom stereocenters. The van der Waals surface area contributed by atoms with Crippen LogP contribution in [-0.2, 0) is 0 Å². The molecule has 0 spiro atoms. The van der Waals surface area contributed by atoms with Gasteiger partial charge in [-0.1, -0.05) is 45.4 Å². The minimum atomic E-state index is 0. The SMILES string of the molecule is CC(C)(C)C1[CH-]CCCC1.[Br-].[Mg+2]. The Labute approximate surface area is 104 Å². The van der Waals surface area contributed by atoms with Gasteiger partial charge in [0.05, 0.1) is 0 Å². The summed E-state index contributed by atoms with van der Waals surface area (Å²) in [5.41, 5.74) is 0.514. The molecule has 1 saturated carbocycles. The fourth-order valence-corrected chi connectivity index (χ4v) is 1.73. The number of halogens is 1. The van der Waals surface area contributed by atoms with Gasteiger partial charge in [-0.2, -0.15) is 12.3 Å². The molecule has 0 aliphatic heterocycles. The van der Waals surface area contributed by atoms with Crippen LogP contribution in [-0.4, -0.2) is 23.1 Å². The van der Waals surface area contributed by atoms with E-state index < -0.39 is 0 Å². The maximum Gasteiger partial charge on any atom is 2.00 e. The molecule has 0 aromatic carbocycles. The van der Waals surface area contributed by atoms with Gasteiger partial charge in [0.2, 0.25) is 0 Å². The summed E-state index contributed by atoms with van der Waals surface area (Å²) in [6.07, 6.45) is 8.15. The smallest absolute Gasteiger partial charge is 1.00 e.